The molecule has 1 aromatic carbocycles. The van der Waals surface area contributed by atoms with Crippen LogP contribution in [-0.4, -0.2) is 74.0 Å². The lowest BCUT2D eigenvalue weighted by molar-refractivity contribution is -0.116. The molecular formula is C29H28Cl2FN7O4. The van der Waals surface area contributed by atoms with Gasteiger partial charge in [-0.2, -0.15) is 4.39 Å². The van der Waals surface area contributed by atoms with Gasteiger partial charge in [-0.05, 0) is 38.1 Å². The number of halogens is 3. The van der Waals surface area contributed by atoms with Crippen molar-refractivity contribution in [1.82, 2.24) is 24.0 Å². The largest absolute Gasteiger partial charge is 0.506 e. The Morgan fingerprint density at radius 3 is 2.74 bits per heavy atom. The summed E-state index contributed by atoms with van der Waals surface area (Å²) in [5.41, 5.74) is 0.818. The number of benzene rings is 1. The van der Waals surface area contributed by atoms with Gasteiger partial charge in [0.05, 0.1) is 21.7 Å². The van der Waals surface area contributed by atoms with Crippen molar-refractivity contribution < 1.29 is 19.1 Å². The Kier molecular flexibility index (Phi) is 7.61. The molecule has 0 spiro atoms. The lowest BCUT2D eigenvalue weighted by Crippen LogP contribution is -2.50. The van der Waals surface area contributed by atoms with Crippen molar-refractivity contribution in [2.45, 2.75) is 38.9 Å². The number of hydrogen-bond donors (Lipinski definition) is 2. The number of aldehydes is 1. The smallest absolute Gasteiger partial charge is 0.263 e. The average molecular weight is 628 g/mol. The second kappa shape index (κ2) is 11.3. The number of hydrogen-bond acceptors (Lipinski definition) is 8. The number of rotatable bonds is 6. The molecule has 0 bridgehead atoms. The van der Waals surface area contributed by atoms with E-state index in [-0.39, 0.29) is 56.2 Å². The van der Waals surface area contributed by atoms with Gasteiger partial charge < -0.3 is 24.8 Å². The molecule has 0 saturated carbocycles. The van der Waals surface area contributed by atoms with Crippen LogP contribution >= 0.6 is 23.2 Å². The molecule has 224 valence electrons. The molecule has 0 radical (unpaired) electrons. The van der Waals surface area contributed by atoms with Gasteiger partial charge in [0.25, 0.3) is 5.56 Å². The molecule has 4 aromatic rings. The fourth-order valence-electron chi connectivity index (χ4n) is 5.88. The molecule has 0 aliphatic carbocycles. The number of nitrogens with zero attached hydrogens (tertiary/aromatic N) is 6. The van der Waals surface area contributed by atoms with Crippen LogP contribution in [0.25, 0.3) is 22.2 Å². The summed E-state index contributed by atoms with van der Waals surface area (Å²) < 4.78 is 18.0. The minimum atomic E-state index is -0.894. The lowest BCUT2D eigenvalue weighted by atomic mass is 10.0. The number of aromatic nitrogens is 4. The van der Waals surface area contributed by atoms with Gasteiger partial charge in [0.15, 0.2) is 6.29 Å². The van der Waals surface area contributed by atoms with Crippen LogP contribution in [0.4, 0.5) is 15.9 Å². The minimum Gasteiger partial charge on any atom is -0.506 e. The Labute approximate surface area is 255 Å². The van der Waals surface area contributed by atoms with Crippen molar-refractivity contribution in [2.75, 3.05) is 36.9 Å². The topological polar surface area (TPSA) is 126 Å². The number of pyridine rings is 1. The van der Waals surface area contributed by atoms with Gasteiger partial charge in [-0.15, -0.1) is 0 Å². The van der Waals surface area contributed by atoms with Crippen LogP contribution < -0.4 is 15.8 Å². The molecule has 2 N–H and O–H groups in total. The fourth-order valence-corrected chi connectivity index (χ4v) is 6.25. The second-order valence-corrected chi connectivity index (χ2v) is 11.7. The first-order chi connectivity index (χ1) is 20.5. The molecule has 1 amide bonds. The monoisotopic (exact) mass is 627 g/mol. The van der Waals surface area contributed by atoms with E-state index in [0.717, 1.165) is 19.5 Å². The van der Waals surface area contributed by atoms with E-state index in [1.807, 2.05) is 18.9 Å². The predicted molar refractivity (Wildman–Crippen MR) is 162 cm³/mol. The molecule has 1 atom stereocenters. The van der Waals surface area contributed by atoms with Gasteiger partial charge >= 0.3 is 0 Å². The van der Waals surface area contributed by atoms with Crippen LogP contribution in [0, 0.1) is 5.95 Å². The van der Waals surface area contributed by atoms with Crippen molar-refractivity contribution in [1.29, 1.82) is 0 Å². The molecule has 11 nitrogen and oxygen atoms in total. The van der Waals surface area contributed by atoms with E-state index in [1.165, 1.54) is 16.7 Å². The molecule has 14 heteroatoms. The van der Waals surface area contributed by atoms with E-state index < -0.39 is 11.9 Å². The first-order valence-corrected chi connectivity index (χ1v) is 14.5. The number of piperazine rings is 1. The number of phenolic OH excluding ortho intramolecular Hbond substituents is 1. The summed E-state index contributed by atoms with van der Waals surface area (Å²) in [6, 6.07) is 4.49. The summed E-state index contributed by atoms with van der Waals surface area (Å²) in [5, 5.41) is 12.7. The predicted octanol–water partition coefficient (Wildman–Crippen LogP) is 3.95. The van der Waals surface area contributed by atoms with Gasteiger partial charge in [-0.1, -0.05) is 23.2 Å². The molecule has 1 saturated heterocycles. The Morgan fingerprint density at radius 1 is 1.21 bits per heavy atom. The third kappa shape index (κ3) is 5.23. The quantitative estimate of drug-likeness (QED) is 0.243. The third-order valence-corrected chi connectivity index (χ3v) is 8.63. The molecular weight excluding hydrogens is 600 g/mol. The average Bonchev–Trinajstić information content (AvgIpc) is 3.58. The van der Waals surface area contributed by atoms with E-state index in [9.17, 15) is 23.9 Å². The number of amides is 1. The van der Waals surface area contributed by atoms with Crippen LogP contribution in [0.15, 0.2) is 29.2 Å². The maximum atomic E-state index is 14.8. The van der Waals surface area contributed by atoms with E-state index in [2.05, 4.69) is 15.2 Å². The van der Waals surface area contributed by atoms with Gasteiger partial charge in [0.2, 0.25) is 11.9 Å². The summed E-state index contributed by atoms with van der Waals surface area (Å²) in [4.78, 5) is 51.5. The van der Waals surface area contributed by atoms with E-state index in [1.54, 1.807) is 16.8 Å². The molecule has 2 aliphatic rings. The molecule has 3 aromatic heterocycles. The van der Waals surface area contributed by atoms with Crippen molar-refractivity contribution in [3.8, 4) is 16.9 Å². The number of carbonyl (C=O) groups excluding carboxylic acids is 2. The molecule has 43 heavy (non-hydrogen) atoms. The zero-order valence-corrected chi connectivity index (χ0v) is 24.9. The number of fused-ring (bicyclic) bond motifs is 2. The lowest BCUT2D eigenvalue weighted by Gasteiger charge is -2.39. The number of nitrogens with one attached hydrogen (secondary N) is 1. The first-order valence-electron chi connectivity index (χ1n) is 13.8. The van der Waals surface area contributed by atoms with Gasteiger partial charge in [0.1, 0.15) is 34.6 Å². The van der Waals surface area contributed by atoms with Crippen molar-refractivity contribution >= 4 is 57.9 Å². The van der Waals surface area contributed by atoms with E-state index in [4.69, 9.17) is 28.2 Å². The second-order valence-electron chi connectivity index (χ2n) is 11.0. The summed E-state index contributed by atoms with van der Waals surface area (Å²) in [7, 11) is 2.01. The highest BCUT2D eigenvalue weighted by Gasteiger charge is 2.27. The maximum Gasteiger partial charge on any atom is 0.263 e. The number of carbonyl (C=O) groups is 2. The molecule has 2 aliphatic heterocycles. The summed E-state index contributed by atoms with van der Waals surface area (Å²) in [6.07, 6.45) is 3.41. The number of phenols is 1. The Bertz CT molecular complexity index is 1860. The van der Waals surface area contributed by atoms with Gasteiger partial charge in [-0.25, -0.2) is 9.97 Å². The van der Waals surface area contributed by atoms with Gasteiger partial charge in [-0.3, -0.25) is 19.0 Å². The minimum absolute atomic E-state index is 0.0461. The highest BCUT2D eigenvalue weighted by Crippen LogP contribution is 2.36. The number of aromatic hydroxyl groups is 1. The van der Waals surface area contributed by atoms with Crippen molar-refractivity contribution in [2.24, 2.45) is 0 Å². The Hall–Kier alpha value is -4.00. The SMILES string of the molecule is CC1CN(C)CCN1c1cc(NC(=O)Cn2cc(-c3cc(Cl)c(O)c(C=O)c3)c3c(=O)n4c(nc32)CCC4)c(Cl)c(F)n1. The van der Waals surface area contributed by atoms with Crippen LogP contribution in [-0.2, 0) is 24.3 Å². The van der Waals surface area contributed by atoms with E-state index in [0.29, 0.717) is 48.6 Å². The van der Waals surface area contributed by atoms with Crippen LogP contribution in [0.5, 0.6) is 5.75 Å². The summed E-state index contributed by atoms with van der Waals surface area (Å²) >= 11 is 12.4. The van der Waals surface area contributed by atoms with E-state index >= 15 is 0 Å². The van der Waals surface area contributed by atoms with Crippen LogP contribution in [0.2, 0.25) is 10.0 Å². The van der Waals surface area contributed by atoms with Crippen LogP contribution in [0.3, 0.4) is 0 Å². The number of anilines is 2. The van der Waals surface area contributed by atoms with Crippen molar-refractivity contribution in [3.63, 3.8) is 0 Å². The third-order valence-electron chi connectivity index (χ3n) is 7.99. The highest BCUT2D eigenvalue weighted by molar-refractivity contribution is 6.34. The summed E-state index contributed by atoms with van der Waals surface area (Å²) in [6.45, 7) is 4.43. The van der Waals surface area contributed by atoms with Crippen molar-refractivity contribution in [3.05, 3.63) is 62.1 Å². The normalized spacial score (nSPS) is 17.0. The zero-order chi connectivity index (χ0) is 30.6. The standard InChI is InChI=1S/C29H28Cl2FN7O4/c1-15-11-36(2)6-7-38(15)22-10-20(25(31)27(32)34-22)33-23(41)13-37-12-18(16-8-17(14-40)26(42)19(30)9-16)24-28(37)35-21-4-3-5-39(21)29(24)43/h8-10,12,14-15,42H,3-7,11,13H2,1-2H3,(H,33,34,41). The first kappa shape index (κ1) is 29.1. The molecule has 6 rings (SSSR count). The zero-order valence-electron chi connectivity index (χ0n) is 23.4. The Morgan fingerprint density at radius 2 is 2.00 bits per heavy atom. The summed E-state index contributed by atoms with van der Waals surface area (Å²) in [5.74, 6) is -0.827. The van der Waals surface area contributed by atoms with Crippen LogP contribution in [0.1, 0.15) is 29.5 Å². The highest BCUT2D eigenvalue weighted by atomic mass is 35.5. The number of likely N-dealkylation sites (N-methyl/N-ethyl adjacent to an activating group) is 1. The Balaban J connectivity index is 1.38. The number of aryl methyl sites for hydroxylation is 1. The van der Waals surface area contributed by atoms with Gasteiger partial charge in [0, 0.05) is 56.5 Å². The maximum absolute atomic E-state index is 14.8. The molecule has 1 fully saturated rings. The fraction of sp³-hybridized carbons (Fsp3) is 0.345. The molecule has 1 unspecified atom stereocenters. The molecule has 5 heterocycles.